The number of nitrogens with two attached hydrogens (primary N) is 1. The van der Waals surface area contributed by atoms with Gasteiger partial charge in [0.25, 0.3) is 0 Å². The highest BCUT2D eigenvalue weighted by Crippen LogP contribution is 2.18. The number of carbonyl (C=O) groups is 1. The Kier molecular flexibility index (Phi) is 9.96. The molecule has 6 nitrogen and oxygen atoms in total. The molecular formula is C16H27ClN2O4S. The minimum absolute atomic E-state index is 0. The summed E-state index contributed by atoms with van der Waals surface area (Å²) < 4.78 is 28.1. The SMILES string of the molecule is CCC(CNC(=O)C(N)CCS(C)(=O)=O)Oc1ccccc1C.Cl. The molecule has 0 heterocycles. The number of sulfone groups is 1. The largest absolute Gasteiger partial charge is 0.488 e. The summed E-state index contributed by atoms with van der Waals surface area (Å²) in [6.07, 6.45) is 1.80. The van der Waals surface area contributed by atoms with E-state index in [1.807, 2.05) is 38.1 Å². The summed E-state index contributed by atoms with van der Waals surface area (Å²) >= 11 is 0. The molecule has 0 saturated heterocycles. The predicted molar refractivity (Wildman–Crippen MR) is 98.4 cm³/mol. The van der Waals surface area contributed by atoms with Gasteiger partial charge in [0.05, 0.1) is 18.3 Å². The van der Waals surface area contributed by atoms with Crippen LogP contribution in [0.4, 0.5) is 0 Å². The van der Waals surface area contributed by atoms with Crippen LogP contribution < -0.4 is 15.8 Å². The minimum Gasteiger partial charge on any atom is -0.488 e. The van der Waals surface area contributed by atoms with Crippen molar-refractivity contribution in [2.75, 3.05) is 18.6 Å². The molecule has 0 saturated carbocycles. The molecule has 1 amide bonds. The fraction of sp³-hybridized carbons (Fsp3) is 0.562. The van der Waals surface area contributed by atoms with E-state index in [0.29, 0.717) is 6.54 Å². The zero-order chi connectivity index (χ0) is 17.5. The summed E-state index contributed by atoms with van der Waals surface area (Å²) in [6.45, 7) is 4.26. The van der Waals surface area contributed by atoms with Gasteiger partial charge < -0.3 is 15.8 Å². The molecule has 1 aromatic carbocycles. The Bertz CT molecular complexity index is 622. The molecule has 0 aliphatic rings. The van der Waals surface area contributed by atoms with Crippen molar-refractivity contribution in [3.05, 3.63) is 29.8 Å². The quantitative estimate of drug-likeness (QED) is 0.677. The molecule has 1 aromatic rings. The maximum atomic E-state index is 11.9. The average molecular weight is 379 g/mol. The number of hydrogen-bond acceptors (Lipinski definition) is 5. The normalized spacial score (nSPS) is 13.5. The molecule has 138 valence electrons. The van der Waals surface area contributed by atoms with Gasteiger partial charge in [0, 0.05) is 6.26 Å². The molecule has 8 heteroatoms. The topological polar surface area (TPSA) is 98.5 Å². The Morgan fingerprint density at radius 2 is 1.96 bits per heavy atom. The number of ether oxygens (including phenoxy) is 1. The Labute approximate surface area is 150 Å². The summed E-state index contributed by atoms with van der Waals surface area (Å²) in [4.78, 5) is 11.9. The van der Waals surface area contributed by atoms with Crippen LogP contribution in [0.25, 0.3) is 0 Å². The fourth-order valence-electron chi connectivity index (χ4n) is 1.96. The van der Waals surface area contributed by atoms with Crippen molar-refractivity contribution in [2.45, 2.75) is 38.8 Å². The first-order valence-electron chi connectivity index (χ1n) is 7.66. The summed E-state index contributed by atoms with van der Waals surface area (Å²) in [5.74, 6) is 0.328. The van der Waals surface area contributed by atoms with Gasteiger partial charge in [-0.15, -0.1) is 12.4 Å². The van der Waals surface area contributed by atoms with Gasteiger partial charge in [-0.25, -0.2) is 8.42 Å². The lowest BCUT2D eigenvalue weighted by Gasteiger charge is -2.20. The van der Waals surface area contributed by atoms with Crippen molar-refractivity contribution < 1.29 is 17.9 Å². The molecule has 1 rings (SSSR count). The molecule has 3 N–H and O–H groups in total. The lowest BCUT2D eigenvalue weighted by atomic mass is 10.2. The number of hydrogen-bond donors (Lipinski definition) is 2. The van der Waals surface area contributed by atoms with Crippen LogP contribution in [0, 0.1) is 6.92 Å². The third kappa shape index (κ3) is 8.52. The van der Waals surface area contributed by atoms with Crippen molar-refractivity contribution in [2.24, 2.45) is 5.73 Å². The monoisotopic (exact) mass is 378 g/mol. The number of carbonyl (C=O) groups excluding carboxylic acids is 1. The zero-order valence-corrected chi connectivity index (χ0v) is 16.0. The van der Waals surface area contributed by atoms with E-state index < -0.39 is 15.9 Å². The van der Waals surface area contributed by atoms with E-state index in [2.05, 4.69) is 5.32 Å². The van der Waals surface area contributed by atoms with Crippen LogP contribution in [0.5, 0.6) is 5.75 Å². The van der Waals surface area contributed by atoms with Crippen LogP contribution in [0.2, 0.25) is 0 Å². The lowest BCUT2D eigenvalue weighted by molar-refractivity contribution is -0.122. The molecule has 0 radical (unpaired) electrons. The average Bonchev–Trinajstić information content (AvgIpc) is 2.49. The van der Waals surface area contributed by atoms with Crippen LogP contribution in [0.1, 0.15) is 25.3 Å². The molecule has 2 atom stereocenters. The Morgan fingerprint density at radius 1 is 1.33 bits per heavy atom. The Hall–Kier alpha value is -1.31. The van der Waals surface area contributed by atoms with Crippen LogP contribution >= 0.6 is 12.4 Å². The minimum atomic E-state index is -3.12. The van der Waals surface area contributed by atoms with E-state index in [9.17, 15) is 13.2 Å². The van der Waals surface area contributed by atoms with Gasteiger partial charge in [-0.3, -0.25) is 4.79 Å². The molecule has 0 fully saturated rings. The number of nitrogens with one attached hydrogen (secondary N) is 1. The zero-order valence-electron chi connectivity index (χ0n) is 14.3. The molecule has 0 aliphatic carbocycles. The molecule has 2 unspecified atom stereocenters. The van der Waals surface area contributed by atoms with Gasteiger partial charge in [0.1, 0.15) is 21.7 Å². The van der Waals surface area contributed by atoms with Crippen molar-refractivity contribution in [1.82, 2.24) is 5.32 Å². The fourth-order valence-corrected chi connectivity index (χ4v) is 2.64. The van der Waals surface area contributed by atoms with Gasteiger partial charge in [-0.1, -0.05) is 25.1 Å². The molecule has 0 spiro atoms. The number of rotatable bonds is 9. The molecular weight excluding hydrogens is 352 g/mol. The highest BCUT2D eigenvalue weighted by Gasteiger charge is 2.18. The first-order valence-corrected chi connectivity index (χ1v) is 9.72. The van der Waals surface area contributed by atoms with Gasteiger partial charge in [-0.05, 0) is 31.4 Å². The van der Waals surface area contributed by atoms with Gasteiger partial charge in [-0.2, -0.15) is 0 Å². The van der Waals surface area contributed by atoms with Crippen LogP contribution in [-0.2, 0) is 14.6 Å². The second kappa shape index (κ2) is 10.5. The summed E-state index contributed by atoms with van der Waals surface area (Å²) in [5.41, 5.74) is 6.74. The number of amides is 1. The summed E-state index contributed by atoms with van der Waals surface area (Å²) in [6, 6.07) is 6.85. The number of aryl methyl sites for hydroxylation is 1. The number of para-hydroxylation sites is 1. The Morgan fingerprint density at radius 3 is 2.50 bits per heavy atom. The summed E-state index contributed by atoms with van der Waals surface area (Å²) in [5, 5.41) is 2.73. The standard InChI is InChI=1S/C16H26N2O4S.ClH/c1-4-13(22-15-8-6-5-7-12(15)2)11-18-16(19)14(17)9-10-23(3,20)21;/h5-8,13-14H,4,9-11,17H2,1-3H3,(H,18,19);1H. The van der Waals surface area contributed by atoms with Crippen LogP contribution in [-0.4, -0.2) is 45.0 Å². The lowest BCUT2D eigenvalue weighted by Crippen LogP contribution is -2.45. The van der Waals surface area contributed by atoms with Gasteiger partial charge in [0.2, 0.25) is 5.91 Å². The van der Waals surface area contributed by atoms with E-state index in [0.717, 1.165) is 24.0 Å². The first-order chi connectivity index (χ1) is 10.7. The third-order valence-corrected chi connectivity index (χ3v) is 4.46. The van der Waals surface area contributed by atoms with Gasteiger partial charge in [0.15, 0.2) is 0 Å². The van der Waals surface area contributed by atoms with Crippen LogP contribution in [0.3, 0.4) is 0 Å². The number of benzene rings is 1. The third-order valence-electron chi connectivity index (χ3n) is 3.48. The molecule has 24 heavy (non-hydrogen) atoms. The van der Waals surface area contributed by atoms with E-state index in [1.54, 1.807) is 0 Å². The predicted octanol–water partition coefficient (Wildman–Crippen LogP) is 1.45. The number of halogens is 1. The molecule has 0 bridgehead atoms. The van der Waals surface area contributed by atoms with Crippen LogP contribution in [0.15, 0.2) is 24.3 Å². The van der Waals surface area contributed by atoms with Gasteiger partial charge >= 0.3 is 0 Å². The van der Waals surface area contributed by atoms with Crippen molar-refractivity contribution in [3.8, 4) is 5.75 Å². The highest BCUT2D eigenvalue weighted by atomic mass is 35.5. The van der Waals surface area contributed by atoms with E-state index in [4.69, 9.17) is 10.5 Å². The van der Waals surface area contributed by atoms with E-state index >= 15 is 0 Å². The van der Waals surface area contributed by atoms with E-state index in [1.165, 1.54) is 0 Å². The first kappa shape index (κ1) is 22.7. The van der Waals surface area contributed by atoms with Crippen molar-refractivity contribution in [1.29, 1.82) is 0 Å². The summed E-state index contributed by atoms with van der Waals surface area (Å²) in [7, 11) is -3.12. The second-order valence-corrected chi connectivity index (χ2v) is 7.94. The maximum Gasteiger partial charge on any atom is 0.237 e. The smallest absolute Gasteiger partial charge is 0.237 e. The highest BCUT2D eigenvalue weighted by molar-refractivity contribution is 7.90. The van der Waals surface area contributed by atoms with E-state index in [-0.39, 0.29) is 36.6 Å². The Balaban J connectivity index is 0.00000529. The second-order valence-electron chi connectivity index (χ2n) is 5.68. The van der Waals surface area contributed by atoms with Crippen molar-refractivity contribution >= 4 is 28.2 Å². The molecule has 0 aliphatic heterocycles. The maximum absolute atomic E-state index is 11.9. The molecule has 0 aromatic heterocycles. The van der Waals surface area contributed by atoms with Crippen molar-refractivity contribution in [3.63, 3.8) is 0 Å².